The number of methoxy groups -OCH3 is 1. The molecule has 1 atom stereocenters. The molecule has 2 heterocycles. The predicted octanol–water partition coefficient (Wildman–Crippen LogP) is 3.01. The van der Waals surface area contributed by atoms with Crippen molar-refractivity contribution < 1.29 is 14.3 Å². The van der Waals surface area contributed by atoms with Gasteiger partial charge in [0.05, 0.1) is 35.9 Å². The zero-order chi connectivity index (χ0) is 17.1. The third-order valence-corrected chi connectivity index (χ3v) is 4.47. The van der Waals surface area contributed by atoms with Gasteiger partial charge in [-0.1, -0.05) is 29.3 Å². The second kappa shape index (κ2) is 7.34. The molecule has 1 aliphatic heterocycles. The number of rotatable bonds is 3. The van der Waals surface area contributed by atoms with Crippen LogP contribution in [0.4, 0.5) is 0 Å². The van der Waals surface area contributed by atoms with E-state index in [1.807, 2.05) is 6.07 Å². The minimum absolute atomic E-state index is 0.147. The van der Waals surface area contributed by atoms with Gasteiger partial charge < -0.3 is 14.4 Å². The highest BCUT2D eigenvalue weighted by molar-refractivity contribution is 6.42. The summed E-state index contributed by atoms with van der Waals surface area (Å²) in [5, 5.41) is 0.948. The van der Waals surface area contributed by atoms with Gasteiger partial charge in [-0.2, -0.15) is 0 Å². The Bertz CT molecular complexity index is 740. The molecule has 1 aliphatic rings. The maximum atomic E-state index is 12.6. The molecule has 0 N–H and O–H groups in total. The standard InChI is InChI=1S/C16H15Cl2N3O3/c1-23-16-19-7-11(8-20-16)15(22)21-4-5-24-14(9-21)10-2-3-12(17)13(18)6-10/h2-3,6-8,14H,4-5,9H2,1H3. The Morgan fingerprint density at radius 3 is 2.71 bits per heavy atom. The molecule has 1 saturated heterocycles. The van der Waals surface area contributed by atoms with Gasteiger partial charge in [-0.25, -0.2) is 9.97 Å². The van der Waals surface area contributed by atoms with Gasteiger partial charge in [0.1, 0.15) is 6.10 Å². The summed E-state index contributed by atoms with van der Waals surface area (Å²) in [4.78, 5) is 22.2. The fourth-order valence-electron chi connectivity index (χ4n) is 2.46. The number of hydrogen-bond donors (Lipinski definition) is 0. The summed E-state index contributed by atoms with van der Waals surface area (Å²) in [6.07, 6.45) is 2.66. The maximum Gasteiger partial charge on any atom is 0.316 e. The Morgan fingerprint density at radius 2 is 2.04 bits per heavy atom. The summed E-state index contributed by atoms with van der Waals surface area (Å²) in [6, 6.07) is 5.56. The quantitative estimate of drug-likeness (QED) is 0.834. The molecule has 126 valence electrons. The summed E-state index contributed by atoms with van der Waals surface area (Å²) in [7, 11) is 1.47. The van der Waals surface area contributed by atoms with E-state index in [4.69, 9.17) is 32.7 Å². The van der Waals surface area contributed by atoms with Gasteiger partial charge in [-0.3, -0.25) is 4.79 Å². The number of hydrogen-bond acceptors (Lipinski definition) is 5. The van der Waals surface area contributed by atoms with Gasteiger partial charge in [0.15, 0.2) is 0 Å². The lowest BCUT2D eigenvalue weighted by atomic mass is 10.1. The van der Waals surface area contributed by atoms with Gasteiger partial charge in [-0.15, -0.1) is 0 Å². The van der Waals surface area contributed by atoms with Gasteiger partial charge >= 0.3 is 6.01 Å². The monoisotopic (exact) mass is 367 g/mol. The first kappa shape index (κ1) is 17.0. The molecule has 3 rings (SSSR count). The van der Waals surface area contributed by atoms with E-state index in [0.717, 1.165) is 5.56 Å². The number of benzene rings is 1. The topological polar surface area (TPSA) is 64.5 Å². The van der Waals surface area contributed by atoms with E-state index >= 15 is 0 Å². The number of ether oxygens (including phenoxy) is 2. The molecule has 2 aromatic rings. The van der Waals surface area contributed by atoms with Crippen molar-refractivity contribution in [1.29, 1.82) is 0 Å². The second-order valence-electron chi connectivity index (χ2n) is 5.24. The van der Waals surface area contributed by atoms with Crippen molar-refractivity contribution in [3.05, 3.63) is 51.8 Å². The van der Waals surface area contributed by atoms with Crippen molar-refractivity contribution in [2.45, 2.75) is 6.10 Å². The number of morpholine rings is 1. The normalized spacial score (nSPS) is 17.6. The average molecular weight is 368 g/mol. The first-order chi connectivity index (χ1) is 11.6. The highest BCUT2D eigenvalue weighted by Crippen LogP contribution is 2.29. The molecule has 8 heteroatoms. The number of carbonyl (C=O) groups is 1. The smallest absolute Gasteiger partial charge is 0.316 e. The van der Waals surface area contributed by atoms with Crippen LogP contribution in [0.5, 0.6) is 6.01 Å². The Balaban J connectivity index is 1.74. The van der Waals surface area contributed by atoms with Crippen molar-refractivity contribution in [2.24, 2.45) is 0 Å². The van der Waals surface area contributed by atoms with Crippen molar-refractivity contribution in [1.82, 2.24) is 14.9 Å². The molecular weight excluding hydrogens is 353 g/mol. The second-order valence-corrected chi connectivity index (χ2v) is 6.06. The predicted molar refractivity (Wildman–Crippen MR) is 89.6 cm³/mol. The first-order valence-corrected chi connectivity index (χ1v) is 8.06. The third kappa shape index (κ3) is 3.61. The summed E-state index contributed by atoms with van der Waals surface area (Å²) < 4.78 is 10.7. The van der Waals surface area contributed by atoms with Gasteiger partial charge in [-0.05, 0) is 17.7 Å². The lowest BCUT2D eigenvalue weighted by Gasteiger charge is -2.33. The van der Waals surface area contributed by atoms with Crippen LogP contribution < -0.4 is 4.74 Å². The highest BCUT2D eigenvalue weighted by atomic mass is 35.5. The van der Waals surface area contributed by atoms with E-state index < -0.39 is 0 Å². The van der Waals surface area contributed by atoms with E-state index in [-0.39, 0.29) is 18.0 Å². The molecule has 1 amide bonds. The SMILES string of the molecule is COc1ncc(C(=O)N2CCOC(c3ccc(Cl)c(Cl)c3)C2)cn1. The van der Waals surface area contributed by atoms with Crippen LogP contribution >= 0.6 is 23.2 Å². The number of aromatic nitrogens is 2. The number of amides is 1. The molecule has 6 nitrogen and oxygen atoms in total. The van der Waals surface area contributed by atoms with Crippen LogP contribution in [0.25, 0.3) is 0 Å². The highest BCUT2D eigenvalue weighted by Gasteiger charge is 2.27. The molecule has 24 heavy (non-hydrogen) atoms. The van der Waals surface area contributed by atoms with E-state index in [0.29, 0.717) is 35.3 Å². The molecule has 1 aromatic carbocycles. The molecule has 0 radical (unpaired) electrons. The number of carbonyl (C=O) groups excluding carboxylic acids is 1. The van der Waals surface area contributed by atoms with Crippen LogP contribution in [0.2, 0.25) is 10.0 Å². The van der Waals surface area contributed by atoms with Gasteiger partial charge in [0, 0.05) is 18.9 Å². The van der Waals surface area contributed by atoms with Crippen molar-refractivity contribution in [3.8, 4) is 6.01 Å². The Labute approximate surface area is 149 Å². The van der Waals surface area contributed by atoms with Crippen LogP contribution in [0.3, 0.4) is 0 Å². The average Bonchev–Trinajstić information content (AvgIpc) is 2.63. The molecular formula is C16H15Cl2N3O3. The van der Waals surface area contributed by atoms with Gasteiger partial charge in [0.2, 0.25) is 0 Å². The van der Waals surface area contributed by atoms with Crippen LogP contribution in [-0.2, 0) is 4.74 Å². The summed E-state index contributed by atoms with van der Waals surface area (Å²) in [6.45, 7) is 1.36. The molecule has 1 unspecified atom stereocenters. The summed E-state index contributed by atoms with van der Waals surface area (Å²) in [5.74, 6) is -0.147. The first-order valence-electron chi connectivity index (χ1n) is 7.30. The Hall–Kier alpha value is -1.89. The van der Waals surface area contributed by atoms with Crippen molar-refractivity contribution in [3.63, 3.8) is 0 Å². The van der Waals surface area contributed by atoms with Crippen LogP contribution in [0.1, 0.15) is 22.0 Å². The van der Waals surface area contributed by atoms with E-state index in [1.165, 1.54) is 19.5 Å². The lowest BCUT2D eigenvalue weighted by molar-refractivity contribution is -0.0228. The van der Waals surface area contributed by atoms with Crippen molar-refractivity contribution in [2.75, 3.05) is 26.8 Å². The summed E-state index contributed by atoms with van der Waals surface area (Å²) in [5.41, 5.74) is 1.29. The molecule has 0 bridgehead atoms. The zero-order valence-electron chi connectivity index (χ0n) is 12.9. The van der Waals surface area contributed by atoms with E-state index in [9.17, 15) is 4.79 Å². The van der Waals surface area contributed by atoms with Crippen LogP contribution in [0.15, 0.2) is 30.6 Å². The molecule has 1 aromatic heterocycles. The van der Waals surface area contributed by atoms with Crippen LogP contribution in [0, 0.1) is 0 Å². The number of nitrogens with zero attached hydrogens (tertiary/aromatic N) is 3. The Kier molecular flexibility index (Phi) is 5.18. The minimum atomic E-state index is -0.253. The number of halogens is 2. The molecule has 0 saturated carbocycles. The summed E-state index contributed by atoms with van der Waals surface area (Å²) >= 11 is 12.0. The third-order valence-electron chi connectivity index (χ3n) is 3.73. The lowest BCUT2D eigenvalue weighted by Crippen LogP contribution is -2.42. The zero-order valence-corrected chi connectivity index (χ0v) is 14.4. The Morgan fingerprint density at radius 1 is 1.29 bits per heavy atom. The minimum Gasteiger partial charge on any atom is -0.467 e. The molecule has 0 aliphatic carbocycles. The van der Waals surface area contributed by atoms with Crippen LogP contribution in [-0.4, -0.2) is 47.6 Å². The largest absolute Gasteiger partial charge is 0.467 e. The fourth-order valence-corrected chi connectivity index (χ4v) is 2.77. The fraction of sp³-hybridized carbons (Fsp3) is 0.312. The molecule has 0 spiro atoms. The van der Waals surface area contributed by atoms with E-state index in [2.05, 4.69) is 9.97 Å². The maximum absolute atomic E-state index is 12.6. The van der Waals surface area contributed by atoms with E-state index in [1.54, 1.807) is 17.0 Å². The van der Waals surface area contributed by atoms with Gasteiger partial charge in [0.25, 0.3) is 5.91 Å². The van der Waals surface area contributed by atoms with Crippen molar-refractivity contribution >= 4 is 29.1 Å². The molecule has 1 fully saturated rings.